The highest BCUT2D eigenvalue weighted by atomic mass is 35.5. The number of carbonyl (C=O) groups is 1. The minimum absolute atomic E-state index is 0.188. The van der Waals surface area contributed by atoms with Crippen molar-refractivity contribution in [2.45, 2.75) is 6.54 Å². The van der Waals surface area contributed by atoms with Crippen LogP contribution in [0.1, 0.15) is 15.9 Å². The van der Waals surface area contributed by atoms with E-state index in [1.165, 1.54) is 0 Å². The summed E-state index contributed by atoms with van der Waals surface area (Å²) in [5.41, 5.74) is 11.1. The second kappa shape index (κ2) is 17.9. The highest BCUT2D eigenvalue weighted by Crippen LogP contribution is 2.43. The quantitative estimate of drug-likeness (QED) is 0.0989. The predicted octanol–water partition coefficient (Wildman–Crippen LogP) is 6.99. The molecule has 0 spiro atoms. The van der Waals surface area contributed by atoms with E-state index in [2.05, 4.69) is 9.88 Å². The Morgan fingerprint density at radius 1 is 0.740 bits per heavy atom. The Kier molecular flexibility index (Phi) is 13.1. The van der Waals surface area contributed by atoms with Crippen LogP contribution in [-0.4, -0.2) is 76.3 Å². The van der Waals surface area contributed by atoms with Gasteiger partial charge >= 0.3 is 0 Å². The van der Waals surface area contributed by atoms with Crippen LogP contribution in [0.25, 0.3) is 33.9 Å². The highest BCUT2D eigenvalue weighted by molar-refractivity contribution is 6.31. The molecule has 262 valence electrons. The summed E-state index contributed by atoms with van der Waals surface area (Å²) in [5.74, 6) is 1.95. The summed E-state index contributed by atoms with van der Waals surface area (Å²) in [4.78, 5) is 18.1. The largest absolute Gasteiger partial charge is 0.493 e. The van der Waals surface area contributed by atoms with Crippen molar-refractivity contribution in [3.8, 4) is 51.2 Å². The van der Waals surface area contributed by atoms with Crippen LogP contribution in [0.15, 0.2) is 84.9 Å². The van der Waals surface area contributed by atoms with Crippen molar-refractivity contribution in [2.75, 3.05) is 60.8 Å². The van der Waals surface area contributed by atoms with Crippen molar-refractivity contribution in [1.29, 1.82) is 0 Å². The number of amides is 1. The number of aromatic nitrogens is 2. The second-order valence-corrected chi connectivity index (χ2v) is 12.0. The number of hydrogen-bond acceptors (Lipinski definition) is 8. The maximum atomic E-state index is 12.9. The van der Waals surface area contributed by atoms with E-state index < -0.39 is 0 Å². The minimum Gasteiger partial charge on any atom is -0.493 e. The van der Waals surface area contributed by atoms with E-state index in [1.54, 1.807) is 21.3 Å². The van der Waals surface area contributed by atoms with Gasteiger partial charge in [0.1, 0.15) is 5.82 Å². The molecule has 0 aliphatic rings. The molecule has 0 unspecified atom stereocenters. The van der Waals surface area contributed by atoms with Gasteiger partial charge in [0.15, 0.2) is 11.5 Å². The van der Waals surface area contributed by atoms with E-state index in [4.69, 9.17) is 57.6 Å². The molecule has 50 heavy (non-hydrogen) atoms. The SMILES string of the molecule is COc1cc(-c2nc(-c3ccc(Cl)cc3)c(-c3ccc(Cl)cc3)n2Cc2ccc(C(=O)NCCOCCOCCN)cc2)cc(OC)c1OC. The molecule has 4 aromatic carbocycles. The Bertz CT molecular complexity index is 1840. The summed E-state index contributed by atoms with van der Waals surface area (Å²) in [7, 11) is 4.73. The van der Waals surface area contributed by atoms with E-state index in [0.29, 0.717) is 84.7 Å². The number of nitrogens with two attached hydrogens (primary N) is 1. The number of hydrogen-bond donors (Lipinski definition) is 2. The summed E-state index contributed by atoms with van der Waals surface area (Å²) in [6.45, 7) is 3.05. The molecule has 0 aliphatic heterocycles. The lowest BCUT2D eigenvalue weighted by molar-refractivity contribution is 0.0511. The second-order valence-electron chi connectivity index (χ2n) is 11.1. The van der Waals surface area contributed by atoms with Crippen LogP contribution in [0.3, 0.4) is 0 Å². The van der Waals surface area contributed by atoms with Gasteiger partial charge in [-0.3, -0.25) is 4.79 Å². The van der Waals surface area contributed by atoms with Gasteiger partial charge in [-0.2, -0.15) is 0 Å². The average Bonchev–Trinajstić information content (AvgIpc) is 3.51. The molecule has 10 nitrogen and oxygen atoms in total. The summed E-state index contributed by atoms with van der Waals surface area (Å²) >= 11 is 12.6. The van der Waals surface area contributed by atoms with Gasteiger partial charge in [0.05, 0.1) is 59.1 Å². The monoisotopic (exact) mass is 718 g/mol. The molecule has 1 amide bonds. The molecule has 1 aromatic heterocycles. The van der Waals surface area contributed by atoms with E-state index in [0.717, 1.165) is 33.6 Å². The van der Waals surface area contributed by atoms with Gasteiger partial charge in [-0.1, -0.05) is 59.6 Å². The first-order valence-corrected chi connectivity index (χ1v) is 16.8. The molecule has 5 rings (SSSR count). The number of ether oxygens (including phenoxy) is 5. The number of imidazole rings is 1. The van der Waals surface area contributed by atoms with Gasteiger partial charge in [0.2, 0.25) is 5.75 Å². The summed E-state index contributed by atoms with van der Waals surface area (Å²) in [6, 6.07) is 26.5. The molecule has 0 fully saturated rings. The summed E-state index contributed by atoms with van der Waals surface area (Å²) < 4.78 is 29.9. The molecule has 5 aromatic rings. The molecule has 0 aliphatic carbocycles. The van der Waals surface area contributed by atoms with E-state index in [1.807, 2.05) is 84.9 Å². The molecular formula is C38H40Cl2N4O6. The third kappa shape index (κ3) is 8.95. The lowest BCUT2D eigenvalue weighted by atomic mass is 10.0. The summed E-state index contributed by atoms with van der Waals surface area (Å²) in [6.07, 6.45) is 0. The van der Waals surface area contributed by atoms with Crippen LogP contribution < -0.4 is 25.3 Å². The first-order valence-electron chi connectivity index (χ1n) is 16.0. The first kappa shape index (κ1) is 36.7. The number of rotatable bonds is 17. The van der Waals surface area contributed by atoms with Crippen molar-refractivity contribution < 1.29 is 28.5 Å². The summed E-state index contributed by atoms with van der Waals surface area (Å²) in [5, 5.41) is 4.14. The normalized spacial score (nSPS) is 11.0. The van der Waals surface area contributed by atoms with Crippen LogP contribution in [-0.2, 0) is 16.0 Å². The van der Waals surface area contributed by atoms with Gasteiger partial charge in [0, 0.05) is 51.9 Å². The molecule has 0 saturated heterocycles. The van der Waals surface area contributed by atoms with Crippen LogP contribution in [0.5, 0.6) is 17.2 Å². The zero-order valence-corrected chi connectivity index (χ0v) is 29.7. The van der Waals surface area contributed by atoms with Gasteiger partial charge in [-0.05, 0) is 54.1 Å². The number of halogens is 2. The van der Waals surface area contributed by atoms with Crippen molar-refractivity contribution in [3.05, 3.63) is 106 Å². The van der Waals surface area contributed by atoms with E-state index >= 15 is 0 Å². The van der Waals surface area contributed by atoms with Gasteiger partial charge in [-0.15, -0.1) is 0 Å². The molecule has 12 heteroatoms. The molecule has 3 N–H and O–H groups in total. The molecule has 0 radical (unpaired) electrons. The Hall–Kier alpha value is -4.58. The number of benzene rings is 4. The average molecular weight is 720 g/mol. The zero-order valence-electron chi connectivity index (χ0n) is 28.2. The molecule has 1 heterocycles. The predicted molar refractivity (Wildman–Crippen MR) is 197 cm³/mol. The van der Waals surface area contributed by atoms with Gasteiger partial charge in [-0.25, -0.2) is 4.98 Å². The number of carbonyl (C=O) groups excluding carboxylic acids is 1. The molecule has 0 saturated carbocycles. The van der Waals surface area contributed by atoms with Gasteiger partial charge in [0.25, 0.3) is 5.91 Å². The van der Waals surface area contributed by atoms with Crippen LogP contribution in [0, 0.1) is 0 Å². The molecule has 0 atom stereocenters. The Morgan fingerprint density at radius 3 is 1.88 bits per heavy atom. The number of methoxy groups -OCH3 is 3. The Balaban J connectivity index is 1.52. The molecule has 0 bridgehead atoms. The number of nitrogens with one attached hydrogen (secondary N) is 1. The van der Waals surface area contributed by atoms with Crippen LogP contribution >= 0.6 is 23.2 Å². The molecular weight excluding hydrogens is 679 g/mol. The Labute approximate surface area is 302 Å². The van der Waals surface area contributed by atoms with Crippen LogP contribution in [0.4, 0.5) is 0 Å². The lowest BCUT2D eigenvalue weighted by Crippen LogP contribution is -2.27. The lowest BCUT2D eigenvalue weighted by Gasteiger charge is -2.17. The van der Waals surface area contributed by atoms with Crippen molar-refractivity contribution in [1.82, 2.24) is 14.9 Å². The fourth-order valence-corrected chi connectivity index (χ4v) is 5.69. The fraction of sp³-hybridized carbons (Fsp3) is 0.263. The van der Waals surface area contributed by atoms with Crippen molar-refractivity contribution in [2.24, 2.45) is 5.73 Å². The number of nitrogens with zero attached hydrogens (tertiary/aromatic N) is 2. The third-order valence-electron chi connectivity index (χ3n) is 7.85. The Morgan fingerprint density at radius 2 is 1.32 bits per heavy atom. The standard InChI is InChI=1S/C38H40Cl2N4O6/c1-46-32-22-29(23-33(47-2)36(32)48-3)37-43-34(26-8-12-30(39)13-9-26)35(27-10-14-31(40)15-11-27)44(37)24-25-4-6-28(7-5-25)38(45)42-17-19-50-21-20-49-18-16-41/h4-15,22-23H,16-21,24,41H2,1-3H3,(H,42,45). The maximum Gasteiger partial charge on any atom is 0.251 e. The fourth-order valence-electron chi connectivity index (χ4n) is 5.44. The van der Waals surface area contributed by atoms with E-state index in [9.17, 15) is 4.79 Å². The van der Waals surface area contributed by atoms with Crippen LogP contribution in [0.2, 0.25) is 10.0 Å². The highest BCUT2D eigenvalue weighted by Gasteiger charge is 2.24. The maximum absolute atomic E-state index is 12.9. The minimum atomic E-state index is -0.188. The zero-order chi connectivity index (χ0) is 35.5. The third-order valence-corrected chi connectivity index (χ3v) is 8.35. The van der Waals surface area contributed by atoms with E-state index in [-0.39, 0.29) is 5.91 Å². The smallest absolute Gasteiger partial charge is 0.251 e. The van der Waals surface area contributed by atoms with Crippen molar-refractivity contribution in [3.63, 3.8) is 0 Å². The van der Waals surface area contributed by atoms with Gasteiger partial charge < -0.3 is 39.3 Å². The topological polar surface area (TPSA) is 119 Å². The van der Waals surface area contributed by atoms with Crippen molar-refractivity contribution >= 4 is 29.1 Å². The first-order chi connectivity index (χ1) is 24.4.